The monoisotopic (exact) mass is 248 g/mol. The maximum atomic E-state index is 5.39. The number of rotatable bonds is 6. The van der Waals surface area contributed by atoms with Gasteiger partial charge in [0, 0.05) is 24.1 Å². The number of aromatic nitrogens is 2. The summed E-state index contributed by atoms with van der Waals surface area (Å²) >= 11 is 5.16. The Hall–Kier alpha value is -0.550. The van der Waals surface area contributed by atoms with Gasteiger partial charge in [-0.3, -0.25) is 9.05 Å². The third-order valence-electron chi connectivity index (χ3n) is 1.33. The predicted molar refractivity (Wildman–Crippen MR) is 60.2 cm³/mol. The second-order valence-electron chi connectivity index (χ2n) is 2.44. The molecule has 0 fully saturated rings. The van der Waals surface area contributed by atoms with Crippen LogP contribution in [0.1, 0.15) is 13.8 Å². The Labute approximate surface area is 94.0 Å². The molecule has 1 aromatic rings. The molecule has 5 nitrogen and oxygen atoms in total. The van der Waals surface area contributed by atoms with Gasteiger partial charge < -0.3 is 4.52 Å². The molecule has 0 atom stereocenters. The van der Waals surface area contributed by atoms with Crippen molar-refractivity contribution in [3.63, 3.8) is 0 Å². The van der Waals surface area contributed by atoms with Crippen LogP contribution in [-0.4, -0.2) is 23.4 Å². The van der Waals surface area contributed by atoms with Crippen LogP contribution in [0.3, 0.4) is 0 Å². The van der Waals surface area contributed by atoms with Crippen LogP contribution in [0.2, 0.25) is 0 Å². The Morgan fingerprint density at radius 2 is 2.00 bits per heavy atom. The quantitative estimate of drug-likeness (QED) is 0.719. The summed E-state index contributed by atoms with van der Waals surface area (Å²) in [4.78, 5) is 0. The zero-order valence-electron chi connectivity index (χ0n) is 8.62. The van der Waals surface area contributed by atoms with E-state index in [2.05, 4.69) is 10.2 Å². The maximum Gasteiger partial charge on any atom is 0.381 e. The van der Waals surface area contributed by atoms with E-state index in [0.29, 0.717) is 19.1 Å². The van der Waals surface area contributed by atoms with Crippen molar-refractivity contribution in [3.8, 4) is 5.88 Å². The normalized spacial score (nSPS) is 11.3. The highest BCUT2D eigenvalue weighted by Crippen LogP contribution is 2.48. The van der Waals surface area contributed by atoms with Crippen LogP contribution in [0, 0.1) is 0 Å². The van der Waals surface area contributed by atoms with Crippen molar-refractivity contribution in [2.75, 3.05) is 13.2 Å². The molecular formula is C8H13N2O3PS. The largest absolute Gasteiger partial charge is 0.404 e. The fourth-order valence-electron chi connectivity index (χ4n) is 0.857. The topological polar surface area (TPSA) is 53.5 Å². The lowest BCUT2D eigenvalue weighted by Crippen LogP contribution is -2.03. The molecule has 0 saturated carbocycles. The van der Waals surface area contributed by atoms with E-state index in [1.54, 1.807) is 18.3 Å². The highest BCUT2D eigenvalue weighted by Gasteiger charge is 2.21. The highest BCUT2D eigenvalue weighted by atomic mass is 32.5. The van der Waals surface area contributed by atoms with E-state index in [9.17, 15) is 0 Å². The summed E-state index contributed by atoms with van der Waals surface area (Å²) in [6.07, 6.45) is 1.55. The van der Waals surface area contributed by atoms with Crippen molar-refractivity contribution in [2.45, 2.75) is 13.8 Å². The second-order valence-corrected chi connectivity index (χ2v) is 5.37. The van der Waals surface area contributed by atoms with Crippen molar-refractivity contribution in [1.82, 2.24) is 10.2 Å². The van der Waals surface area contributed by atoms with Gasteiger partial charge in [0.1, 0.15) is 0 Å². The molecule has 84 valence electrons. The van der Waals surface area contributed by atoms with Crippen LogP contribution in [-0.2, 0) is 20.9 Å². The summed E-state index contributed by atoms with van der Waals surface area (Å²) in [7, 11) is 0. The van der Waals surface area contributed by atoms with Gasteiger partial charge in [-0.15, -0.1) is 5.10 Å². The van der Waals surface area contributed by atoms with Crippen LogP contribution in [0.4, 0.5) is 0 Å². The van der Waals surface area contributed by atoms with E-state index < -0.39 is 6.72 Å². The molecule has 0 saturated heterocycles. The minimum absolute atomic E-state index is 0.322. The molecule has 15 heavy (non-hydrogen) atoms. The molecule has 0 bridgehead atoms. The van der Waals surface area contributed by atoms with Gasteiger partial charge in [-0.1, -0.05) is 0 Å². The minimum Gasteiger partial charge on any atom is -0.404 e. The molecule has 0 spiro atoms. The fraction of sp³-hybridized carbons (Fsp3) is 0.500. The molecule has 0 N–H and O–H groups in total. The van der Waals surface area contributed by atoms with E-state index in [0.717, 1.165) is 0 Å². The zero-order chi connectivity index (χ0) is 11.1. The van der Waals surface area contributed by atoms with Crippen LogP contribution >= 0.6 is 6.72 Å². The van der Waals surface area contributed by atoms with Gasteiger partial charge in [0.2, 0.25) is 5.88 Å². The number of nitrogens with zero attached hydrogens (tertiary/aromatic N) is 2. The predicted octanol–water partition coefficient (Wildman–Crippen LogP) is 2.15. The van der Waals surface area contributed by atoms with Crippen LogP contribution in [0.25, 0.3) is 0 Å². The lowest BCUT2D eigenvalue weighted by atomic mass is 10.6. The van der Waals surface area contributed by atoms with Crippen molar-refractivity contribution in [3.05, 3.63) is 18.3 Å². The Morgan fingerprint density at radius 1 is 1.33 bits per heavy atom. The van der Waals surface area contributed by atoms with Crippen LogP contribution in [0.15, 0.2) is 18.3 Å². The first-order chi connectivity index (χ1) is 7.20. The molecule has 1 aromatic heterocycles. The molecule has 1 rings (SSSR count). The van der Waals surface area contributed by atoms with E-state index in [1.165, 1.54) is 0 Å². The first-order valence-electron chi connectivity index (χ1n) is 4.56. The molecule has 0 aliphatic rings. The lowest BCUT2D eigenvalue weighted by molar-refractivity contribution is 0.215. The molecule has 0 aromatic carbocycles. The summed E-state index contributed by atoms with van der Waals surface area (Å²) in [5.74, 6) is 0.322. The first kappa shape index (κ1) is 12.5. The summed E-state index contributed by atoms with van der Waals surface area (Å²) in [6.45, 7) is 1.84. The second kappa shape index (κ2) is 6.12. The van der Waals surface area contributed by atoms with Crippen molar-refractivity contribution in [1.29, 1.82) is 0 Å². The minimum atomic E-state index is -2.71. The van der Waals surface area contributed by atoms with Gasteiger partial charge in [0.15, 0.2) is 0 Å². The smallest absolute Gasteiger partial charge is 0.381 e. The molecule has 0 radical (unpaired) electrons. The fourth-order valence-corrected chi connectivity index (χ4v) is 2.86. The van der Waals surface area contributed by atoms with Crippen molar-refractivity contribution in [2.24, 2.45) is 0 Å². The molecule has 0 aliphatic heterocycles. The van der Waals surface area contributed by atoms with Crippen molar-refractivity contribution >= 4 is 18.5 Å². The Kier molecular flexibility index (Phi) is 5.11. The Morgan fingerprint density at radius 3 is 2.47 bits per heavy atom. The molecule has 0 aliphatic carbocycles. The summed E-state index contributed by atoms with van der Waals surface area (Å²) in [5, 5.41) is 7.43. The van der Waals surface area contributed by atoms with Crippen LogP contribution in [0.5, 0.6) is 5.88 Å². The summed E-state index contributed by atoms with van der Waals surface area (Å²) in [6, 6.07) is 3.37. The third-order valence-corrected chi connectivity index (χ3v) is 3.74. The number of hydrogen-bond acceptors (Lipinski definition) is 6. The summed E-state index contributed by atoms with van der Waals surface area (Å²) < 4.78 is 16.0. The van der Waals surface area contributed by atoms with E-state index in [-0.39, 0.29) is 0 Å². The SMILES string of the molecule is CCOP(=S)(OCC)Oc1cccnn1. The highest BCUT2D eigenvalue weighted by molar-refractivity contribution is 8.07. The first-order valence-corrected chi connectivity index (χ1v) is 7.12. The van der Waals surface area contributed by atoms with Crippen molar-refractivity contribution < 1.29 is 13.6 Å². The van der Waals surface area contributed by atoms with Gasteiger partial charge in [0.05, 0.1) is 13.2 Å². The van der Waals surface area contributed by atoms with Crippen LogP contribution < -0.4 is 4.52 Å². The third kappa shape index (κ3) is 4.22. The molecular weight excluding hydrogens is 235 g/mol. The van der Waals surface area contributed by atoms with Gasteiger partial charge in [-0.2, -0.15) is 5.10 Å². The molecule has 0 amide bonds. The Bertz CT molecular complexity index is 326. The van der Waals surface area contributed by atoms with Gasteiger partial charge in [-0.25, -0.2) is 0 Å². The number of hydrogen-bond donors (Lipinski definition) is 0. The average Bonchev–Trinajstić information content (AvgIpc) is 2.19. The van der Waals surface area contributed by atoms with Gasteiger partial charge >= 0.3 is 6.72 Å². The van der Waals surface area contributed by atoms with E-state index in [1.807, 2.05) is 13.8 Å². The molecule has 1 heterocycles. The maximum absolute atomic E-state index is 5.39. The standard InChI is InChI=1S/C8H13N2O3PS/c1-3-11-14(15,12-4-2)13-8-6-5-7-9-10-8/h5-7H,3-4H2,1-2H3. The Balaban J connectivity index is 2.71. The molecule has 0 unspecified atom stereocenters. The van der Waals surface area contributed by atoms with E-state index >= 15 is 0 Å². The summed E-state index contributed by atoms with van der Waals surface area (Å²) in [5.41, 5.74) is 0. The van der Waals surface area contributed by atoms with Gasteiger partial charge in [-0.05, 0) is 19.9 Å². The van der Waals surface area contributed by atoms with E-state index in [4.69, 9.17) is 25.4 Å². The average molecular weight is 248 g/mol. The molecule has 7 heteroatoms. The zero-order valence-corrected chi connectivity index (χ0v) is 10.3. The lowest BCUT2D eigenvalue weighted by Gasteiger charge is -2.19. The van der Waals surface area contributed by atoms with Gasteiger partial charge in [0.25, 0.3) is 0 Å².